The van der Waals surface area contributed by atoms with E-state index in [1.165, 1.54) is 0 Å². The number of nitrogens with one attached hydrogen (secondary N) is 1. The second-order valence-electron chi connectivity index (χ2n) is 3.78. The Bertz CT molecular complexity index is 573. The van der Waals surface area contributed by atoms with Gasteiger partial charge in [0.1, 0.15) is 5.76 Å². The molecule has 0 radical (unpaired) electrons. The van der Waals surface area contributed by atoms with Crippen LogP contribution < -0.4 is 5.43 Å². The predicted octanol–water partition coefficient (Wildman–Crippen LogP) is 2.14. The van der Waals surface area contributed by atoms with Crippen LogP contribution in [-0.4, -0.2) is 16.6 Å². The van der Waals surface area contributed by atoms with Crippen molar-refractivity contribution >= 4 is 11.6 Å². The van der Waals surface area contributed by atoms with E-state index in [0.29, 0.717) is 11.5 Å². The van der Waals surface area contributed by atoms with Crippen molar-refractivity contribution in [3.8, 4) is 0 Å². The van der Waals surface area contributed by atoms with E-state index in [4.69, 9.17) is 4.42 Å². The number of carbonyl (C=O) groups excluding carboxylic acids is 1. The third-order valence-corrected chi connectivity index (χ3v) is 2.39. The molecular formula is C13H13N3O2. The van der Waals surface area contributed by atoms with Crippen LogP contribution in [0.3, 0.4) is 0 Å². The number of aromatic nitrogens is 1. The molecule has 0 aliphatic rings. The second kappa shape index (κ2) is 5.27. The Morgan fingerprint density at radius 3 is 2.61 bits per heavy atom. The minimum absolute atomic E-state index is 0.249. The van der Waals surface area contributed by atoms with E-state index in [2.05, 4.69) is 15.5 Å². The van der Waals surface area contributed by atoms with Gasteiger partial charge in [-0.1, -0.05) is 0 Å². The molecule has 1 amide bonds. The summed E-state index contributed by atoms with van der Waals surface area (Å²) in [4.78, 5) is 15.6. The number of nitrogens with zero attached hydrogens (tertiary/aromatic N) is 2. The number of furan rings is 1. The maximum absolute atomic E-state index is 11.7. The summed E-state index contributed by atoms with van der Waals surface area (Å²) in [5.74, 6) is 0.574. The van der Waals surface area contributed by atoms with Crippen LogP contribution in [0.15, 0.2) is 46.2 Å². The molecule has 0 aromatic carbocycles. The van der Waals surface area contributed by atoms with E-state index in [0.717, 1.165) is 5.56 Å². The number of hydrazone groups is 1. The van der Waals surface area contributed by atoms with E-state index < -0.39 is 0 Å². The number of aryl methyl sites for hydroxylation is 1. The van der Waals surface area contributed by atoms with E-state index in [1.54, 1.807) is 31.5 Å². The third-order valence-electron chi connectivity index (χ3n) is 2.39. The van der Waals surface area contributed by atoms with Crippen molar-refractivity contribution in [1.29, 1.82) is 0 Å². The van der Waals surface area contributed by atoms with Gasteiger partial charge in [0.15, 0.2) is 5.76 Å². The van der Waals surface area contributed by atoms with Gasteiger partial charge in [-0.3, -0.25) is 9.78 Å². The molecule has 2 heterocycles. The van der Waals surface area contributed by atoms with Crippen molar-refractivity contribution in [2.45, 2.75) is 13.8 Å². The summed E-state index contributed by atoms with van der Waals surface area (Å²) < 4.78 is 5.19. The highest BCUT2D eigenvalue weighted by atomic mass is 16.3. The van der Waals surface area contributed by atoms with Gasteiger partial charge < -0.3 is 4.42 Å². The summed E-state index contributed by atoms with van der Waals surface area (Å²) in [5, 5.41) is 4.01. The molecule has 1 N–H and O–H groups in total. The van der Waals surface area contributed by atoms with Crippen LogP contribution in [0.4, 0.5) is 0 Å². The largest absolute Gasteiger partial charge is 0.456 e. The van der Waals surface area contributed by atoms with Gasteiger partial charge in [0, 0.05) is 18.0 Å². The van der Waals surface area contributed by atoms with Gasteiger partial charge in [-0.15, -0.1) is 0 Å². The monoisotopic (exact) mass is 243 g/mol. The molecule has 2 aromatic rings. The molecule has 0 aliphatic heterocycles. The highest BCUT2D eigenvalue weighted by Crippen LogP contribution is 2.06. The zero-order valence-corrected chi connectivity index (χ0v) is 10.2. The Kier molecular flexibility index (Phi) is 3.52. The van der Waals surface area contributed by atoms with Gasteiger partial charge in [0.25, 0.3) is 0 Å². The Morgan fingerprint density at radius 1 is 1.28 bits per heavy atom. The van der Waals surface area contributed by atoms with Crippen molar-refractivity contribution in [3.63, 3.8) is 0 Å². The first-order chi connectivity index (χ1) is 8.66. The number of hydrogen-bond donors (Lipinski definition) is 1. The minimum atomic E-state index is -0.364. The molecule has 5 nitrogen and oxygen atoms in total. The Labute approximate surface area is 105 Å². The topological polar surface area (TPSA) is 67.5 Å². The van der Waals surface area contributed by atoms with Gasteiger partial charge in [0.2, 0.25) is 0 Å². The van der Waals surface area contributed by atoms with Crippen LogP contribution in [-0.2, 0) is 0 Å². The molecule has 2 rings (SSSR count). The molecule has 0 atom stereocenters. The smallest absolute Gasteiger partial charge is 0.307 e. The highest BCUT2D eigenvalue weighted by Gasteiger charge is 2.08. The van der Waals surface area contributed by atoms with Crippen LogP contribution in [0.5, 0.6) is 0 Å². The highest BCUT2D eigenvalue weighted by molar-refractivity contribution is 6.00. The van der Waals surface area contributed by atoms with Crippen molar-refractivity contribution < 1.29 is 9.21 Å². The van der Waals surface area contributed by atoms with Gasteiger partial charge in [-0.2, -0.15) is 5.10 Å². The molecule has 0 fully saturated rings. The lowest BCUT2D eigenvalue weighted by Crippen LogP contribution is -2.18. The zero-order valence-electron chi connectivity index (χ0n) is 10.2. The summed E-state index contributed by atoms with van der Waals surface area (Å²) in [6, 6.07) is 6.99. The molecule has 18 heavy (non-hydrogen) atoms. The summed E-state index contributed by atoms with van der Waals surface area (Å²) in [6.07, 6.45) is 3.35. The maximum Gasteiger partial charge on any atom is 0.307 e. The van der Waals surface area contributed by atoms with Crippen molar-refractivity contribution in [2.75, 3.05) is 0 Å². The van der Waals surface area contributed by atoms with Crippen LogP contribution in [0.1, 0.15) is 28.8 Å². The summed E-state index contributed by atoms with van der Waals surface area (Å²) >= 11 is 0. The standard InChI is InChI=1S/C13H13N3O2/c1-9-3-4-12(18-9)13(17)16-15-10(2)11-5-7-14-8-6-11/h3-8H,1-2H3,(H,16,17). The lowest BCUT2D eigenvalue weighted by Gasteiger charge is -2.00. The normalized spacial score (nSPS) is 11.3. The van der Waals surface area contributed by atoms with Gasteiger partial charge in [-0.05, 0) is 38.1 Å². The number of amides is 1. The van der Waals surface area contributed by atoms with E-state index in [-0.39, 0.29) is 11.7 Å². The first-order valence-corrected chi connectivity index (χ1v) is 5.48. The number of hydrogen-bond acceptors (Lipinski definition) is 4. The predicted molar refractivity (Wildman–Crippen MR) is 67.4 cm³/mol. The number of carbonyl (C=O) groups is 1. The average molecular weight is 243 g/mol. The van der Waals surface area contributed by atoms with Crippen molar-refractivity contribution in [2.24, 2.45) is 5.10 Å². The minimum Gasteiger partial charge on any atom is -0.456 e. The van der Waals surface area contributed by atoms with Crippen LogP contribution in [0.25, 0.3) is 0 Å². The average Bonchev–Trinajstić information content (AvgIpc) is 2.83. The SMILES string of the molecule is CC(=NNC(=O)c1ccc(C)o1)c1ccncc1. The molecule has 0 saturated heterocycles. The number of rotatable bonds is 3. The third kappa shape index (κ3) is 2.82. The Balaban J connectivity index is 2.05. The summed E-state index contributed by atoms with van der Waals surface area (Å²) in [5.41, 5.74) is 4.05. The zero-order chi connectivity index (χ0) is 13.0. The first-order valence-electron chi connectivity index (χ1n) is 5.48. The molecule has 0 saturated carbocycles. The lowest BCUT2D eigenvalue weighted by atomic mass is 10.2. The molecule has 5 heteroatoms. The molecule has 0 spiro atoms. The molecule has 2 aromatic heterocycles. The lowest BCUT2D eigenvalue weighted by molar-refractivity contribution is 0.0926. The van der Waals surface area contributed by atoms with Crippen LogP contribution in [0.2, 0.25) is 0 Å². The van der Waals surface area contributed by atoms with E-state index in [9.17, 15) is 4.79 Å². The molecular weight excluding hydrogens is 230 g/mol. The van der Waals surface area contributed by atoms with E-state index >= 15 is 0 Å². The molecule has 0 aliphatic carbocycles. The fraction of sp³-hybridized carbons (Fsp3) is 0.154. The van der Waals surface area contributed by atoms with Gasteiger partial charge >= 0.3 is 5.91 Å². The van der Waals surface area contributed by atoms with Crippen LogP contribution >= 0.6 is 0 Å². The van der Waals surface area contributed by atoms with Gasteiger partial charge in [-0.25, -0.2) is 5.43 Å². The fourth-order valence-electron chi connectivity index (χ4n) is 1.40. The summed E-state index contributed by atoms with van der Waals surface area (Å²) in [7, 11) is 0. The molecule has 0 bridgehead atoms. The Hall–Kier alpha value is -2.43. The number of pyridine rings is 1. The van der Waals surface area contributed by atoms with Gasteiger partial charge in [0.05, 0.1) is 5.71 Å². The van der Waals surface area contributed by atoms with Crippen molar-refractivity contribution in [3.05, 3.63) is 53.7 Å². The van der Waals surface area contributed by atoms with Crippen molar-refractivity contribution in [1.82, 2.24) is 10.4 Å². The fourth-order valence-corrected chi connectivity index (χ4v) is 1.40. The van der Waals surface area contributed by atoms with Crippen LogP contribution in [0, 0.1) is 6.92 Å². The quantitative estimate of drug-likeness (QED) is 0.663. The van der Waals surface area contributed by atoms with E-state index in [1.807, 2.05) is 19.1 Å². The Morgan fingerprint density at radius 2 is 2.00 bits per heavy atom. The molecule has 0 unspecified atom stereocenters. The first kappa shape index (κ1) is 12.0. The maximum atomic E-state index is 11.7. The second-order valence-corrected chi connectivity index (χ2v) is 3.78. The molecule has 92 valence electrons. The summed E-state index contributed by atoms with van der Waals surface area (Å²) in [6.45, 7) is 3.59.